The zero-order valence-corrected chi connectivity index (χ0v) is 46.9. The number of fused-ring (bicyclic) bond motifs is 9. The third-order valence-electron chi connectivity index (χ3n) is 15.2. The van der Waals surface area contributed by atoms with Gasteiger partial charge in [0.25, 0.3) is 0 Å². The van der Waals surface area contributed by atoms with Crippen LogP contribution >= 0.6 is 0 Å². The molecule has 11 heteroatoms. The third-order valence-corrected chi connectivity index (χ3v) is 15.2. The zero-order valence-electron chi connectivity index (χ0n) is 46.9. The maximum atomic E-state index is 7.43. The first kappa shape index (κ1) is 54.0. The van der Waals surface area contributed by atoms with Gasteiger partial charge in [-0.1, -0.05) is 76.2 Å². The Balaban J connectivity index is 1.06. The molecule has 0 saturated heterocycles. The van der Waals surface area contributed by atoms with Crippen LogP contribution in [0.2, 0.25) is 0 Å². The molecule has 8 aromatic carbocycles. The Labute approximate surface area is 469 Å². The Morgan fingerprint density at radius 2 is 0.887 bits per heavy atom. The molecule has 1 saturated carbocycles. The fourth-order valence-electron chi connectivity index (χ4n) is 12.7. The van der Waals surface area contributed by atoms with Crippen LogP contribution in [0.1, 0.15) is 69.2 Å². The van der Waals surface area contributed by atoms with Gasteiger partial charge in [0.2, 0.25) is 0 Å². The van der Waals surface area contributed by atoms with Crippen molar-refractivity contribution in [3.63, 3.8) is 0 Å². The van der Waals surface area contributed by atoms with Gasteiger partial charge in [-0.25, -0.2) is 0 Å². The lowest BCUT2D eigenvalue weighted by atomic mass is 9.52. The van der Waals surface area contributed by atoms with Gasteiger partial charge in [-0.15, -0.1) is 0 Å². The number of hydrogen-bond donors (Lipinski definition) is 0. The summed E-state index contributed by atoms with van der Waals surface area (Å²) in [7, 11) is 5.07. The molecule has 2 aliphatic carbocycles. The standard InChI is InChI=1S/C69H70O11/c1-67(2)43-68(3,4)45-69(44-67)61-11-9-8-10-56(61)64-59-41-58(55-31-29-54(70-5)40-62(55)71-6)63(72-7)42-60(59)66-57(65(64)69)30-14-46-12-15-49(16-13-46)78-50-21-17-47(18-22-50)76-38-36-74-34-32-73-33-35-75-37-39-77-48-19-23-51(24-20-48)79-52-25-27-53(80-66)28-26-52/h8-31,40-42H,32-39,43-45H2,1-7H3/b30-14-. The lowest BCUT2D eigenvalue weighted by Gasteiger charge is -2.52. The van der Waals surface area contributed by atoms with Crippen LogP contribution in [0, 0.1) is 10.8 Å². The third kappa shape index (κ3) is 11.7. The largest absolute Gasteiger partial charge is 0.497 e. The maximum absolute atomic E-state index is 7.43. The molecule has 8 aromatic rings. The smallest absolute Gasteiger partial charge is 0.142 e. The van der Waals surface area contributed by atoms with Crippen molar-refractivity contribution in [2.24, 2.45) is 10.8 Å². The Hall–Kier alpha value is -7.96. The van der Waals surface area contributed by atoms with Gasteiger partial charge in [0.05, 0.1) is 61.0 Å². The number of methoxy groups -OCH3 is 3. The van der Waals surface area contributed by atoms with Crippen molar-refractivity contribution in [2.75, 3.05) is 74.2 Å². The Bertz CT molecular complexity index is 3460. The topological polar surface area (TPSA) is 102 Å². The fourth-order valence-corrected chi connectivity index (χ4v) is 12.7. The molecule has 0 radical (unpaired) electrons. The van der Waals surface area contributed by atoms with E-state index in [1.807, 2.05) is 103 Å². The first-order chi connectivity index (χ1) is 38.9. The highest BCUT2D eigenvalue weighted by atomic mass is 16.6. The molecule has 16 rings (SSSR count). The van der Waals surface area contributed by atoms with Crippen molar-refractivity contribution in [2.45, 2.75) is 52.4 Å². The summed E-state index contributed by atoms with van der Waals surface area (Å²) in [5.41, 5.74) is 8.46. The first-order valence-electron chi connectivity index (χ1n) is 27.6. The van der Waals surface area contributed by atoms with E-state index in [1.54, 1.807) is 21.3 Å². The molecule has 80 heavy (non-hydrogen) atoms. The quantitative estimate of drug-likeness (QED) is 0.168. The Morgan fingerprint density at radius 3 is 1.43 bits per heavy atom. The summed E-state index contributed by atoms with van der Waals surface area (Å²) in [6.07, 6.45) is 7.46. The van der Waals surface area contributed by atoms with Crippen LogP contribution in [0.4, 0.5) is 0 Å². The lowest BCUT2D eigenvalue weighted by Crippen LogP contribution is -2.44. The summed E-state index contributed by atoms with van der Waals surface area (Å²) in [6.45, 7) is 13.3. The Kier molecular flexibility index (Phi) is 15.8. The number of rotatable bonds is 4. The molecule has 11 nitrogen and oxygen atoms in total. The zero-order chi connectivity index (χ0) is 55.3. The summed E-state index contributed by atoms with van der Waals surface area (Å²) >= 11 is 0. The van der Waals surface area contributed by atoms with E-state index in [0.717, 1.165) is 69.5 Å². The summed E-state index contributed by atoms with van der Waals surface area (Å²) < 4.78 is 67.3. The van der Waals surface area contributed by atoms with Crippen LogP contribution in [0.25, 0.3) is 45.2 Å². The van der Waals surface area contributed by atoms with Gasteiger partial charge in [0.1, 0.15) is 76.5 Å². The van der Waals surface area contributed by atoms with Crippen molar-refractivity contribution < 1.29 is 52.1 Å². The second kappa shape index (κ2) is 23.4. The predicted molar refractivity (Wildman–Crippen MR) is 315 cm³/mol. The maximum Gasteiger partial charge on any atom is 0.142 e. The van der Waals surface area contributed by atoms with Crippen LogP contribution in [0.3, 0.4) is 0 Å². The molecule has 0 unspecified atom stereocenters. The molecule has 1 spiro atoms. The van der Waals surface area contributed by atoms with Crippen molar-refractivity contribution in [1.29, 1.82) is 0 Å². The highest BCUT2D eigenvalue weighted by molar-refractivity contribution is 6.11. The molecule has 1 fully saturated rings. The van der Waals surface area contributed by atoms with Gasteiger partial charge >= 0.3 is 0 Å². The average molecular weight is 1080 g/mol. The van der Waals surface area contributed by atoms with E-state index in [2.05, 4.69) is 88.4 Å². The minimum Gasteiger partial charge on any atom is -0.497 e. The summed E-state index contributed by atoms with van der Waals surface area (Å²) in [5, 5.41) is 1.96. The molecule has 412 valence electrons. The van der Waals surface area contributed by atoms with E-state index in [0.29, 0.717) is 98.9 Å². The summed E-state index contributed by atoms with van der Waals surface area (Å²) in [6, 6.07) is 50.6. The van der Waals surface area contributed by atoms with Crippen LogP contribution in [0.5, 0.6) is 63.2 Å². The molecule has 6 heterocycles. The summed E-state index contributed by atoms with van der Waals surface area (Å²) in [4.78, 5) is 0. The van der Waals surface area contributed by atoms with Gasteiger partial charge in [0.15, 0.2) is 0 Å². The molecule has 0 amide bonds. The monoisotopic (exact) mass is 1070 g/mol. The van der Waals surface area contributed by atoms with Gasteiger partial charge in [-0.2, -0.15) is 0 Å². The van der Waals surface area contributed by atoms with E-state index in [1.165, 1.54) is 22.3 Å². The molecular formula is C69H70O11. The molecular weight excluding hydrogens is 1000 g/mol. The Morgan fingerprint density at radius 1 is 0.400 bits per heavy atom. The lowest BCUT2D eigenvalue weighted by molar-refractivity contribution is 0.00499. The second-order valence-electron chi connectivity index (χ2n) is 22.3. The minimum absolute atomic E-state index is 0.00625. The number of hydrogen-bond acceptors (Lipinski definition) is 11. The van der Waals surface area contributed by atoms with Gasteiger partial charge < -0.3 is 52.1 Å². The van der Waals surface area contributed by atoms with Crippen molar-refractivity contribution in [3.8, 4) is 85.5 Å². The van der Waals surface area contributed by atoms with Crippen LogP contribution < -0.4 is 37.9 Å². The highest BCUT2D eigenvalue weighted by Gasteiger charge is 2.55. The van der Waals surface area contributed by atoms with E-state index >= 15 is 0 Å². The minimum atomic E-state index is -0.373. The van der Waals surface area contributed by atoms with Crippen molar-refractivity contribution >= 4 is 22.9 Å². The highest BCUT2D eigenvalue weighted by Crippen LogP contribution is 2.67. The predicted octanol–water partition coefficient (Wildman–Crippen LogP) is 16.4. The second-order valence-corrected chi connectivity index (χ2v) is 22.3. The fraction of sp³-hybridized carbons (Fsp3) is 0.304. The normalized spacial score (nSPS) is 17.4. The van der Waals surface area contributed by atoms with Gasteiger partial charge in [0, 0.05) is 33.6 Å². The molecule has 0 aromatic heterocycles. The van der Waals surface area contributed by atoms with E-state index in [4.69, 9.17) is 52.1 Å². The van der Waals surface area contributed by atoms with E-state index < -0.39 is 0 Å². The van der Waals surface area contributed by atoms with Crippen molar-refractivity contribution in [1.82, 2.24) is 0 Å². The molecule has 0 atom stereocenters. The molecule has 6 aliphatic heterocycles. The van der Waals surface area contributed by atoms with Gasteiger partial charge in [-0.05, 0) is 172 Å². The van der Waals surface area contributed by atoms with E-state index in [-0.39, 0.29) is 16.2 Å². The average Bonchev–Trinajstić information content (AvgIpc) is 3.88. The van der Waals surface area contributed by atoms with E-state index in [9.17, 15) is 0 Å². The van der Waals surface area contributed by atoms with Crippen LogP contribution in [-0.4, -0.2) is 74.2 Å². The van der Waals surface area contributed by atoms with Gasteiger partial charge in [-0.3, -0.25) is 0 Å². The van der Waals surface area contributed by atoms with Crippen LogP contribution in [-0.2, 0) is 19.6 Å². The van der Waals surface area contributed by atoms with Crippen molar-refractivity contribution in [3.05, 3.63) is 174 Å². The first-order valence-corrected chi connectivity index (χ1v) is 27.6. The summed E-state index contributed by atoms with van der Waals surface area (Å²) in [5.74, 6) is 7.62. The number of ether oxygens (including phenoxy) is 11. The molecule has 0 N–H and O–H groups in total. The molecule has 8 aliphatic rings. The molecule has 8 bridgehead atoms. The number of benzene rings is 8. The SMILES string of the molecule is COc1ccc(-c2cc3c4c(c5c(c3cc2OC)Oc2ccc(cc2)Oc2ccc(cc2)OCCOCCOCCOCCOc2ccc(cc2)Oc2ccc(cc2)/C=C\5)C2(CC(C)(C)CC(C)(C)C2)c2ccccc2-4)c(OC)c1. The van der Waals surface area contributed by atoms with Crippen LogP contribution in [0.15, 0.2) is 152 Å².